The molecule has 0 atom stereocenters. The first kappa shape index (κ1) is 80.4. The highest BCUT2D eigenvalue weighted by atomic mass is 16.3. The van der Waals surface area contributed by atoms with Crippen LogP contribution in [0.25, 0.3) is 267 Å². The molecular formula is C125H77N9O3. The Labute approximate surface area is 786 Å². The van der Waals surface area contributed by atoms with Gasteiger partial charge >= 0.3 is 0 Å². The number of benzene rings is 21. The van der Waals surface area contributed by atoms with E-state index < -0.39 is 0 Å². The van der Waals surface area contributed by atoms with Crippen LogP contribution in [0.5, 0.6) is 0 Å². The summed E-state index contributed by atoms with van der Waals surface area (Å²) in [5, 5.41) is 18.1. The normalized spacial score (nSPS) is 11.5. The Morgan fingerprint density at radius 3 is 0.883 bits per heavy atom. The van der Waals surface area contributed by atoms with Crippen LogP contribution in [0.4, 0.5) is 0 Å². The minimum absolute atomic E-state index is 0.621. The summed E-state index contributed by atoms with van der Waals surface area (Å²) in [6.07, 6.45) is 0. The standard InChI is InChI=1S/C45H27N3O.C43H27N3O.C37H23N3O/c1-3-10-31-24-34(19-16-28(31)8-1)43-46-44(35-20-17-29-9-2-4-11-32(29)25-35)48-45(47-43)36-21-18-30-12-7-14-37(40(30)26-36)33-22-23-39-38-13-5-6-15-41(38)49-42(39)27-33;1-3-13-28(14-4-1)30-18-11-19-32(25-30)42-44-41(29-15-5-2-6-16-29)45-43(46-42)33-26-31-17-7-8-20-34(31)37(27-33)35-22-12-24-39-40(35)36-21-9-10-23-38(36)47-39;1-3-12-24(13-4-1)35-38-36(25-14-5-2-6-15-25)40-37(39-35)27-22-26-16-7-8-17-28(26)31(23-27)29-19-11-21-33-34(29)30-18-9-10-20-32(30)41-33/h1-27H;1-27H;1-23H. The Balaban J connectivity index is 0.000000110. The minimum atomic E-state index is 0.621. The molecule has 0 unspecified atom stereocenters. The number of para-hydroxylation sites is 3. The summed E-state index contributed by atoms with van der Waals surface area (Å²) in [4.78, 5) is 45.4. The number of fused-ring (bicyclic) bond motifs is 14. The molecule has 12 nitrogen and oxygen atoms in total. The van der Waals surface area contributed by atoms with Gasteiger partial charge in [0, 0.05) is 82.4 Å². The van der Waals surface area contributed by atoms with E-state index in [-0.39, 0.29) is 0 Å². The molecule has 0 saturated heterocycles. The fraction of sp³-hybridized carbons (Fsp3) is 0. The zero-order valence-corrected chi connectivity index (χ0v) is 73.7. The largest absolute Gasteiger partial charge is 0.456 e. The Hall–Kier alpha value is -18.7. The van der Waals surface area contributed by atoms with Gasteiger partial charge in [-0.2, -0.15) is 0 Å². The van der Waals surface area contributed by atoms with Crippen LogP contribution in [0.2, 0.25) is 0 Å². The first-order chi connectivity index (χ1) is 67.8. The van der Waals surface area contributed by atoms with Gasteiger partial charge in [0.15, 0.2) is 52.4 Å². The molecule has 640 valence electrons. The summed E-state index contributed by atoms with van der Waals surface area (Å²) in [7, 11) is 0. The highest BCUT2D eigenvalue weighted by Crippen LogP contribution is 2.46. The highest BCUT2D eigenvalue weighted by molar-refractivity contribution is 6.18. The van der Waals surface area contributed by atoms with Gasteiger partial charge in [0.1, 0.15) is 33.5 Å². The van der Waals surface area contributed by atoms with Gasteiger partial charge in [-0.15, -0.1) is 0 Å². The molecule has 6 heterocycles. The lowest BCUT2D eigenvalue weighted by atomic mass is 9.92. The average Bonchev–Trinajstić information content (AvgIpc) is 1.55. The van der Waals surface area contributed by atoms with E-state index >= 15 is 0 Å². The molecule has 6 aromatic heterocycles. The number of hydrogen-bond donors (Lipinski definition) is 0. The molecule has 0 aliphatic carbocycles. The predicted octanol–water partition coefficient (Wildman–Crippen LogP) is 32.8. The summed E-state index contributed by atoms with van der Waals surface area (Å²) >= 11 is 0. The van der Waals surface area contributed by atoms with Crippen LogP contribution in [0.1, 0.15) is 0 Å². The van der Waals surface area contributed by atoms with E-state index in [9.17, 15) is 0 Å². The Morgan fingerprint density at radius 1 is 0.117 bits per heavy atom. The molecular weight excluding hydrogens is 1680 g/mol. The first-order valence-corrected chi connectivity index (χ1v) is 45.7. The second-order valence-corrected chi connectivity index (χ2v) is 34.2. The Kier molecular flexibility index (Phi) is 20.3. The molecule has 12 heteroatoms. The summed E-state index contributed by atoms with van der Waals surface area (Å²) in [5.41, 5.74) is 22.6. The molecule has 0 saturated carbocycles. The van der Waals surface area contributed by atoms with Gasteiger partial charge in [0.2, 0.25) is 0 Å². The quantitative estimate of drug-likeness (QED) is 0.108. The zero-order chi connectivity index (χ0) is 90.6. The lowest BCUT2D eigenvalue weighted by molar-refractivity contribution is 0.668. The maximum Gasteiger partial charge on any atom is 0.164 e. The van der Waals surface area contributed by atoms with Crippen molar-refractivity contribution in [1.29, 1.82) is 0 Å². The third kappa shape index (κ3) is 15.4. The van der Waals surface area contributed by atoms with Crippen LogP contribution in [0.15, 0.2) is 480 Å². The molecule has 0 fully saturated rings. The number of aromatic nitrogens is 9. The van der Waals surface area contributed by atoms with Crippen LogP contribution in [-0.4, -0.2) is 44.9 Å². The Morgan fingerprint density at radius 2 is 0.409 bits per heavy atom. The minimum Gasteiger partial charge on any atom is -0.456 e. The van der Waals surface area contributed by atoms with E-state index in [2.05, 4.69) is 322 Å². The second kappa shape index (κ2) is 34.6. The maximum absolute atomic E-state index is 6.28. The maximum atomic E-state index is 6.28. The number of furan rings is 3. The summed E-state index contributed by atoms with van der Waals surface area (Å²) in [6.45, 7) is 0. The second-order valence-electron chi connectivity index (χ2n) is 34.2. The molecule has 0 radical (unpaired) electrons. The number of hydrogen-bond acceptors (Lipinski definition) is 12. The average molecular weight is 1750 g/mol. The van der Waals surface area contributed by atoms with Crippen molar-refractivity contribution in [3.05, 3.63) is 467 Å². The van der Waals surface area contributed by atoms with Gasteiger partial charge < -0.3 is 13.3 Å². The van der Waals surface area contributed by atoms with E-state index in [0.717, 1.165) is 203 Å². The van der Waals surface area contributed by atoms with E-state index in [1.54, 1.807) is 0 Å². The number of rotatable bonds is 13. The number of nitrogens with zero attached hydrogens (tertiary/aromatic N) is 9. The molecule has 137 heavy (non-hydrogen) atoms. The summed E-state index contributed by atoms with van der Waals surface area (Å²) in [5.74, 6) is 5.72. The van der Waals surface area contributed by atoms with Crippen molar-refractivity contribution >= 4 is 120 Å². The lowest BCUT2D eigenvalue weighted by Crippen LogP contribution is -2.00. The van der Waals surface area contributed by atoms with Crippen LogP contribution >= 0.6 is 0 Å². The fourth-order valence-corrected chi connectivity index (χ4v) is 19.1. The third-order valence-electron chi connectivity index (χ3n) is 25.7. The molecule has 0 bridgehead atoms. The van der Waals surface area contributed by atoms with Crippen molar-refractivity contribution in [3.63, 3.8) is 0 Å². The topological polar surface area (TPSA) is 155 Å². The molecule has 0 aliphatic rings. The SMILES string of the molecule is c1ccc(-c2cccc(-c3nc(-c4ccccc4)nc(-c4cc(-c5cccc6oc7ccccc7c56)c5ccccc5c4)n3)c2)cc1.c1ccc(-c2nc(-c3ccccc3)nc(-c3cc(-c4cccc5oc6ccccc6c45)c4ccccc4c3)n2)cc1.c1ccc2cc(-c3nc(-c4ccc5ccccc5c4)nc(-c4ccc5cccc(-c6ccc7c(c6)oc6ccccc67)c5c4)n3)ccc2c1. The van der Waals surface area contributed by atoms with E-state index in [0.29, 0.717) is 52.4 Å². The van der Waals surface area contributed by atoms with Crippen LogP contribution < -0.4 is 0 Å². The van der Waals surface area contributed by atoms with Crippen LogP contribution in [0, 0.1) is 0 Å². The van der Waals surface area contributed by atoms with E-state index in [1.165, 1.54) is 10.8 Å². The molecule has 27 aromatic rings. The predicted molar refractivity (Wildman–Crippen MR) is 560 cm³/mol. The van der Waals surface area contributed by atoms with Crippen molar-refractivity contribution in [2.45, 2.75) is 0 Å². The van der Waals surface area contributed by atoms with E-state index in [1.807, 2.05) is 146 Å². The van der Waals surface area contributed by atoms with Crippen molar-refractivity contribution < 1.29 is 13.3 Å². The third-order valence-corrected chi connectivity index (χ3v) is 25.7. The van der Waals surface area contributed by atoms with Crippen molar-refractivity contribution in [2.75, 3.05) is 0 Å². The lowest BCUT2D eigenvalue weighted by Gasteiger charge is -2.13. The van der Waals surface area contributed by atoms with Gasteiger partial charge in [0.05, 0.1) is 0 Å². The highest BCUT2D eigenvalue weighted by Gasteiger charge is 2.24. The Bertz CT molecular complexity index is 9230. The van der Waals surface area contributed by atoms with Crippen LogP contribution in [-0.2, 0) is 0 Å². The molecule has 0 spiro atoms. The fourth-order valence-electron chi connectivity index (χ4n) is 19.1. The molecule has 21 aromatic carbocycles. The van der Waals surface area contributed by atoms with Gasteiger partial charge in [-0.1, -0.05) is 376 Å². The van der Waals surface area contributed by atoms with Gasteiger partial charge in [-0.05, 0) is 189 Å². The van der Waals surface area contributed by atoms with Crippen molar-refractivity contribution in [1.82, 2.24) is 44.9 Å². The van der Waals surface area contributed by atoms with Gasteiger partial charge in [-0.25, -0.2) is 44.9 Å². The first-order valence-electron chi connectivity index (χ1n) is 45.7. The van der Waals surface area contributed by atoms with Crippen LogP contribution in [0.3, 0.4) is 0 Å². The molecule has 0 N–H and O–H groups in total. The van der Waals surface area contributed by atoms with Crippen molar-refractivity contribution in [2.24, 2.45) is 0 Å². The van der Waals surface area contributed by atoms with Gasteiger partial charge in [-0.3, -0.25) is 0 Å². The summed E-state index contributed by atoms with van der Waals surface area (Å²) < 4.78 is 18.8. The van der Waals surface area contributed by atoms with E-state index in [4.69, 9.17) is 58.1 Å². The molecule has 0 amide bonds. The van der Waals surface area contributed by atoms with Gasteiger partial charge in [0.25, 0.3) is 0 Å². The molecule has 27 rings (SSSR count). The smallest absolute Gasteiger partial charge is 0.164 e. The zero-order valence-electron chi connectivity index (χ0n) is 73.7. The molecule has 0 aliphatic heterocycles. The summed E-state index contributed by atoms with van der Waals surface area (Å²) in [6, 6.07) is 161. The van der Waals surface area contributed by atoms with Crippen molar-refractivity contribution in [3.8, 4) is 147 Å². The monoisotopic (exact) mass is 1750 g/mol.